The lowest BCUT2D eigenvalue weighted by atomic mass is 10.0. The molecule has 0 heterocycles. The number of unbranched alkanes of at least 4 members (excludes halogenated alkanes) is 29. The van der Waals surface area contributed by atoms with E-state index in [4.69, 9.17) is 9.47 Å². The van der Waals surface area contributed by atoms with Crippen LogP contribution >= 0.6 is 0 Å². The minimum Gasteiger partial charge on any atom is -0.462 e. The number of ether oxygens (including phenoxy) is 2. The highest BCUT2D eigenvalue weighted by molar-refractivity contribution is 5.70. The number of allylic oxidation sites excluding steroid dienone is 4. The maximum Gasteiger partial charge on any atom is 0.306 e. The zero-order valence-corrected chi connectivity index (χ0v) is 34.1. The largest absolute Gasteiger partial charge is 0.462 e. The third-order valence-electron chi connectivity index (χ3n) is 10.00. The standard InChI is InChI=1S/C46H86O5/c1-3-5-7-9-11-13-15-17-19-21-23-25-27-29-31-33-35-37-39-41-46(49)51-44(42-47)43-50-45(48)40-38-36-34-32-30-28-26-24-22-20-18-16-14-12-10-8-6-4-2/h11,13,17,19,44,47H,3-10,12,14-16,18,20-43H2,1-2H3/b13-11-,19-17-/t44-/m0/s1. The molecule has 300 valence electrons. The van der Waals surface area contributed by atoms with Gasteiger partial charge in [0, 0.05) is 12.8 Å². The van der Waals surface area contributed by atoms with E-state index in [0.717, 1.165) is 38.5 Å². The first-order valence-corrected chi connectivity index (χ1v) is 22.4. The van der Waals surface area contributed by atoms with Crippen molar-refractivity contribution in [1.29, 1.82) is 0 Å². The molecule has 0 aromatic carbocycles. The SMILES string of the molecule is CCCCC/C=C\C/C=C\CCCCCCCCCCCC(=O)O[C@@H](CO)COC(=O)CCCCCCCCCCCCCCCCCCCC. The lowest BCUT2D eigenvalue weighted by Gasteiger charge is -2.15. The van der Waals surface area contributed by atoms with Crippen molar-refractivity contribution in [2.24, 2.45) is 0 Å². The van der Waals surface area contributed by atoms with Crippen molar-refractivity contribution < 1.29 is 24.2 Å². The highest BCUT2D eigenvalue weighted by atomic mass is 16.6. The van der Waals surface area contributed by atoms with Crippen molar-refractivity contribution >= 4 is 11.9 Å². The predicted molar refractivity (Wildman–Crippen MR) is 219 cm³/mol. The minimum absolute atomic E-state index is 0.0626. The summed E-state index contributed by atoms with van der Waals surface area (Å²) >= 11 is 0. The lowest BCUT2D eigenvalue weighted by Crippen LogP contribution is -2.28. The maximum absolute atomic E-state index is 12.2. The van der Waals surface area contributed by atoms with Gasteiger partial charge < -0.3 is 14.6 Å². The van der Waals surface area contributed by atoms with E-state index >= 15 is 0 Å². The molecule has 5 heteroatoms. The first kappa shape index (κ1) is 49.4. The number of carbonyl (C=O) groups is 2. The molecule has 0 aromatic heterocycles. The van der Waals surface area contributed by atoms with Crippen LogP contribution in [-0.4, -0.2) is 36.4 Å². The fourth-order valence-corrected chi connectivity index (χ4v) is 6.59. The summed E-state index contributed by atoms with van der Waals surface area (Å²) in [4.78, 5) is 24.3. The molecule has 0 saturated carbocycles. The molecule has 0 saturated heterocycles. The molecule has 0 amide bonds. The Balaban J connectivity index is 3.50. The van der Waals surface area contributed by atoms with Crippen LogP contribution in [0.2, 0.25) is 0 Å². The molecule has 0 rings (SSSR count). The van der Waals surface area contributed by atoms with E-state index in [2.05, 4.69) is 38.2 Å². The van der Waals surface area contributed by atoms with Gasteiger partial charge in [-0.25, -0.2) is 0 Å². The summed E-state index contributed by atoms with van der Waals surface area (Å²) in [6.45, 7) is 4.14. The summed E-state index contributed by atoms with van der Waals surface area (Å²) in [6, 6.07) is 0. The molecule has 0 fully saturated rings. The van der Waals surface area contributed by atoms with Gasteiger partial charge in [-0.1, -0.05) is 205 Å². The van der Waals surface area contributed by atoms with Crippen LogP contribution in [0.4, 0.5) is 0 Å². The Labute approximate surface area is 317 Å². The normalized spacial score (nSPS) is 12.3. The van der Waals surface area contributed by atoms with Crippen LogP contribution in [0.3, 0.4) is 0 Å². The van der Waals surface area contributed by atoms with Crippen LogP contribution < -0.4 is 0 Å². The molecule has 0 aromatic rings. The summed E-state index contributed by atoms with van der Waals surface area (Å²) < 4.78 is 10.6. The molecule has 51 heavy (non-hydrogen) atoms. The monoisotopic (exact) mass is 719 g/mol. The number of esters is 2. The molecule has 5 nitrogen and oxygen atoms in total. The Bertz CT molecular complexity index is 776. The number of carbonyl (C=O) groups excluding carboxylic acids is 2. The molecule has 0 spiro atoms. The van der Waals surface area contributed by atoms with E-state index in [9.17, 15) is 14.7 Å². The van der Waals surface area contributed by atoms with E-state index in [0.29, 0.717) is 12.8 Å². The Morgan fingerprint density at radius 1 is 0.451 bits per heavy atom. The second-order valence-corrected chi connectivity index (χ2v) is 15.1. The van der Waals surface area contributed by atoms with Crippen molar-refractivity contribution in [3.05, 3.63) is 24.3 Å². The summed E-state index contributed by atoms with van der Waals surface area (Å²) in [5, 5.41) is 9.59. The molecule has 0 radical (unpaired) electrons. The average molecular weight is 719 g/mol. The summed E-state index contributed by atoms with van der Waals surface area (Å²) in [5.41, 5.74) is 0. The van der Waals surface area contributed by atoms with Crippen molar-refractivity contribution in [1.82, 2.24) is 0 Å². The topological polar surface area (TPSA) is 72.8 Å². The van der Waals surface area contributed by atoms with Crippen LogP contribution in [0, 0.1) is 0 Å². The fraction of sp³-hybridized carbons (Fsp3) is 0.870. The van der Waals surface area contributed by atoms with E-state index in [1.807, 2.05) is 0 Å². The first-order chi connectivity index (χ1) is 25.1. The summed E-state index contributed by atoms with van der Waals surface area (Å²) in [6.07, 6.45) is 51.0. The van der Waals surface area contributed by atoms with Crippen molar-refractivity contribution in [3.63, 3.8) is 0 Å². The fourth-order valence-electron chi connectivity index (χ4n) is 6.59. The van der Waals surface area contributed by atoms with Crippen molar-refractivity contribution in [2.75, 3.05) is 13.2 Å². The van der Waals surface area contributed by atoms with E-state index in [1.54, 1.807) is 0 Å². The molecule has 0 unspecified atom stereocenters. The van der Waals surface area contributed by atoms with Crippen molar-refractivity contribution in [3.8, 4) is 0 Å². The number of rotatable bonds is 41. The second kappa shape index (κ2) is 42.8. The Morgan fingerprint density at radius 2 is 0.784 bits per heavy atom. The Kier molecular flexibility index (Phi) is 41.4. The molecule has 1 N–H and O–H groups in total. The van der Waals surface area contributed by atoms with Crippen LogP contribution in [0.5, 0.6) is 0 Å². The Hall–Kier alpha value is -1.62. The molecule has 0 aliphatic heterocycles. The number of aliphatic hydroxyl groups excluding tert-OH is 1. The van der Waals surface area contributed by atoms with Gasteiger partial charge in [-0.15, -0.1) is 0 Å². The van der Waals surface area contributed by atoms with Crippen LogP contribution in [0.25, 0.3) is 0 Å². The van der Waals surface area contributed by atoms with Gasteiger partial charge in [0.2, 0.25) is 0 Å². The predicted octanol–water partition coefficient (Wildman–Crippen LogP) is 14.2. The minimum atomic E-state index is -0.769. The number of aliphatic hydroxyl groups is 1. The van der Waals surface area contributed by atoms with Gasteiger partial charge in [0.15, 0.2) is 6.10 Å². The van der Waals surface area contributed by atoms with Crippen LogP contribution in [0.1, 0.15) is 239 Å². The Morgan fingerprint density at radius 3 is 1.20 bits per heavy atom. The van der Waals surface area contributed by atoms with Gasteiger partial charge in [0.25, 0.3) is 0 Å². The van der Waals surface area contributed by atoms with Crippen LogP contribution in [0.15, 0.2) is 24.3 Å². The maximum atomic E-state index is 12.2. The van der Waals surface area contributed by atoms with E-state index < -0.39 is 6.10 Å². The third-order valence-corrected chi connectivity index (χ3v) is 10.00. The highest BCUT2D eigenvalue weighted by Gasteiger charge is 2.16. The first-order valence-electron chi connectivity index (χ1n) is 22.4. The summed E-state index contributed by atoms with van der Waals surface area (Å²) in [7, 11) is 0. The zero-order chi connectivity index (χ0) is 37.1. The van der Waals surface area contributed by atoms with Gasteiger partial charge in [-0.05, 0) is 44.9 Å². The van der Waals surface area contributed by atoms with E-state index in [1.165, 1.54) is 173 Å². The molecule has 0 bridgehead atoms. The number of hydrogen-bond acceptors (Lipinski definition) is 5. The van der Waals surface area contributed by atoms with Gasteiger partial charge in [0.1, 0.15) is 6.61 Å². The average Bonchev–Trinajstić information content (AvgIpc) is 3.13. The lowest BCUT2D eigenvalue weighted by molar-refractivity contribution is -0.161. The van der Waals surface area contributed by atoms with E-state index in [-0.39, 0.29) is 25.2 Å². The molecular formula is C46H86O5. The molecule has 0 aliphatic carbocycles. The molecule has 0 aliphatic rings. The van der Waals surface area contributed by atoms with Gasteiger partial charge in [0.05, 0.1) is 6.61 Å². The van der Waals surface area contributed by atoms with Crippen molar-refractivity contribution in [2.45, 2.75) is 245 Å². The second-order valence-electron chi connectivity index (χ2n) is 15.1. The van der Waals surface area contributed by atoms with Gasteiger partial charge in [-0.2, -0.15) is 0 Å². The van der Waals surface area contributed by atoms with Crippen LogP contribution in [-0.2, 0) is 19.1 Å². The highest BCUT2D eigenvalue weighted by Crippen LogP contribution is 2.16. The zero-order valence-electron chi connectivity index (χ0n) is 34.1. The molecule has 1 atom stereocenters. The molecular weight excluding hydrogens is 633 g/mol. The van der Waals surface area contributed by atoms with Gasteiger partial charge >= 0.3 is 11.9 Å². The smallest absolute Gasteiger partial charge is 0.306 e. The van der Waals surface area contributed by atoms with Gasteiger partial charge in [-0.3, -0.25) is 9.59 Å². The third kappa shape index (κ3) is 41.0. The quantitative estimate of drug-likeness (QED) is 0.0387. The number of hydrogen-bond donors (Lipinski definition) is 1. The summed E-state index contributed by atoms with van der Waals surface area (Å²) in [5.74, 6) is -0.583.